The lowest BCUT2D eigenvalue weighted by molar-refractivity contribution is 0.0519. The van der Waals surface area contributed by atoms with Gasteiger partial charge in [0.2, 0.25) is 0 Å². The lowest BCUT2D eigenvalue weighted by atomic mass is 9.97. The Kier molecular flexibility index (Phi) is 11.6. The number of ether oxygens (including phenoxy) is 3. The first-order valence-corrected chi connectivity index (χ1v) is 16.5. The van der Waals surface area contributed by atoms with Crippen LogP contribution in [-0.2, 0) is 30.7 Å². The number of nitrogens with zero attached hydrogens (tertiary/aromatic N) is 1. The fourth-order valence-corrected chi connectivity index (χ4v) is 6.38. The second kappa shape index (κ2) is 16.0. The topological polar surface area (TPSA) is 101 Å². The summed E-state index contributed by atoms with van der Waals surface area (Å²) >= 11 is 6.95. The summed E-state index contributed by atoms with van der Waals surface area (Å²) in [6, 6.07) is 22.0. The molecule has 0 saturated heterocycles. The fraction of sp³-hybridized carbons (Fsp3) is 0.282. The first-order valence-electron chi connectivity index (χ1n) is 16.1. The Morgan fingerprint density at radius 2 is 1.78 bits per heavy atom. The SMILES string of the molecule is C.CCOC(=O)c1[nH]c2c(-c3c(CC)n[nH]c3CNCc3ccc(OC)cc3)c(Cl)ccc2c1CCCOc1cccc2cc(F)ccc12. The second-order valence-electron chi connectivity index (χ2n) is 11.4. The Hall–Kier alpha value is -4.86. The van der Waals surface area contributed by atoms with Crippen LogP contribution in [0.4, 0.5) is 4.39 Å². The van der Waals surface area contributed by atoms with Crippen molar-refractivity contribution >= 4 is 39.2 Å². The van der Waals surface area contributed by atoms with Crippen molar-refractivity contribution in [2.45, 2.75) is 53.6 Å². The van der Waals surface area contributed by atoms with Crippen molar-refractivity contribution in [1.82, 2.24) is 20.5 Å². The molecule has 49 heavy (non-hydrogen) atoms. The molecule has 0 spiro atoms. The molecule has 6 rings (SSSR count). The molecule has 3 N–H and O–H groups in total. The molecule has 0 fully saturated rings. The Balaban J connectivity index is 0.00000468. The maximum absolute atomic E-state index is 13.8. The third kappa shape index (κ3) is 7.58. The third-order valence-corrected chi connectivity index (χ3v) is 8.75. The minimum atomic E-state index is -0.424. The second-order valence-corrected chi connectivity index (χ2v) is 11.9. The maximum Gasteiger partial charge on any atom is 0.355 e. The fourth-order valence-electron chi connectivity index (χ4n) is 6.13. The summed E-state index contributed by atoms with van der Waals surface area (Å²) in [5, 5.41) is 14.4. The van der Waals surface area contributed by atoms with Gasteiger partial charge in [-0.2, -0.15) is 5.10 Å². The number of nitrogens with one attached hydrogen (secondary N) is 3. The molecule has 10 heteroatoms. The Labute approximate surface area is 290 Å². The van der Waals surface area contributed by atoms with Crippen molar-refractivity contribution in [3.05, 3.63) is 112 Å². The normalized spacial score (nSPS) is 11.1. The van der Waals surface area contributed by atoms with E-state index in [-0.39, 0.29) is 19.9 Å². The summed E-state index contributed by atoms with van der Waals surface area (Å²) in [5.41, 5.74) is 6.59. The number of fused-ring (bicyclic) bond motifs is 2. The molecule has 0 bridgehead atoms. The number of hydrogen-bond acceptors (Lipinski definition) is 6. The first kappa shape index (κ1) is 35.4. The van der Waals surface area contributed by atoms with Gasteiger partial charge in [-0.05, 0) is 85.2 Å². The average Bonchev–Trinajstić information content (AvgIpc) is 3.68. The highest BCUT2D eigenvalue weighted by molar-refractivity contribution is 6.35. The van der Waals surface area contributed by atoms with Crippen LogP contribution in [-0.4, -0.2) is 41.5 Å². The standard InChI is InChI=1S/C38H38ClFN4O4.CH4/c1-4-31-35(32(44-43-31)22-41-21-23-11-14-26(46-3)15-12-23)34-30(39)18-17-29-28(37(42-36(29)34)38(45)47-5-2)9-7-19-48-33-10-6-8-24-20-25(40)13-16-27(24)33;/h6,8,10-18,20,41-42H,4-5,7,9,19,21-22H2,1-3H3,(H,43,44);1H4. The number of halogens is 2. The minimum absolute atomic E-state index is 0. The molecule has 0 radical (unpaired) electrons. The molecule has 0 amide bonds. The van der Waals surface area contributed by atoms with Crippen LogP contribution in [0.2, 0.25) is 5.02 Å². The molecule has 2 aromatic heterocycles. The number of esters is 1. The third-order valence-electron chi connectivity index (χ3n) is 8.43. The number of hydrogen-bond donors (Lipinski definition) is 3. The molecule has 0 unspecified atom stereocenters. The van der Waals surface area contributed by atoms with E-state index in [0.29, 0.717) is 55.4 Å². The van der Waals surface area contributed by atoms with Crippen LogP contribution in [0.15, 0.2) is 72.8 Å². The Bertz CT molecular complexity index is 2050. The summed E-state index contributed by atoms with van der Waals surface area (Å²) in [5.74, 6) is 0.786. The van der Waals surface area contributed by atoms with Gasteiger partial charge < -0.3 is 24.5 Å². The van der Waals surface area contributed by atoms with Crippen molar-refractivity contribution in [2.75, 3.05) is 20.3 Å². The van der Waals surface area contributed by atoms with Crippen LogP contribution < -0.4 is 14.8 Å². The van der Waals surface area contributed by atoms with E-state index in [1.54, 1.807) is 20.1 Å². The van der Waals surface area contributed by atoms with E-state index in [1.165, 1.54) is 12.1 Å². The van der Waals surface area contributed by atoms with Gasteiger partial charge in [0.25, 0.3) is 0 Å². The number of rotatable bonds is 14. The molecule has 0 aliphatic rings. The van der Waals surface area contributed by atoms with Crippen LogP contribution in [0.1, 0.15) is 60.7 Å². The smallest absolute Gasteiger partial charge is 0.355 e. The number of methoxy groups -OCH3 is 1. The predicted molar refractivity (Wildman–Crippen MR) is 194 cm³/mol. The molecule has 0 aliphatic heterocycles. The van der Waals surface area contributed by atoms with E-state index in [2.05, 4.69) is 27.4 Å². The van der Waals surface area contributed by atoms with E-state index >= 15 is 0 Å². The molecule has 8 nitrogen and oxygen atoms in total. The Morgan fingerprint density at radius 1 is 0.980 bits per heavy atom. The summed E-state index contributed by atoms with van der Waals surface area (Å²) < 4.78 is 30.7. The highest BCUT2D eigenvalue weighted by Crippen LogP contribution is 2.40. The van der Waals surface area contributed by atoms with Gasteiger partial charge in [-0.15, -0.1) is 0 Å². The highest BCUT2D eigenvalue weighted by Gasteiger charge is 2.25. The summed E-state index contributed by atoms with van der Waals surface area (Å²) in [4.78, 5) is 16.7. The van der Waals surface area contributed by atoms with Crippen LogP contribution in [0.25, 0.3) is 32.8 Å². The van der Waals surface area contributed by atoms with Crippen molar-refractivity contribution in [3.63, 3.8) is 0 Å². The van der Waals surface area contributed by atoms with Crippen molar-refractivity contribution in [2.24, 2.45) is 0 Å². The van der Waals surface area contributed by atoms with Gasteiger partial charge in [-0.1, -0.05) is 56.3 Å². The molecular weight excluding hydrogens is 643 g/mol. The van der Waals surface area contributed by atoms with Crippen LogP contribution >= 0.6 is 11.6 Å². The number of carbonyl (C=O) groups is 1. The van der Waals surface area contributed by atoms with Crippen LogP contribution in [0.5, 0.6) is 11.5 Å². The number of aromatic nitrogens is 3. The number of carbonyl (C=O) groups excluding carboxylic acids is 1. The molecular formula is C39H42ClFN4O4. The van der Waals surface area contributed by atoms with Gasteiger partial charge in [0.05, 0.1) is 42.3 Å². The lowest BCUT2D eigenvalue weighted by Gasteiger charge is -2.11. The predicted octanol–water partition coefficient (Wildman–Crippen LogP) is 9.19. The van der Waals surface area contributed by atoms with Gasteiger partial charge in [-0.3, -0.25) is 5.10 Å². The van der Waals surface area contributed by atoms with Gasteiger partial charge in [0.1, 0.15) is 23.0 Å². The van der Waals surface area contributed by atoms with Gasteiger partial charge in [0.15, 0.2) is 0 Å². The van der Waals surface area contributed by atoms with Crippen LogP contribution in [0, 0.1) is 5.82 Å². The molecule has 0 saturated carbocycles. The minimum Gasteiger partial charge on any atom is -0.497 e. The summed E-state index contributed by atoms with van der Waals surface area (Å²) in [6.45, 7) is 5.67. The zero-order valence-electron chi connectivity index (χ0n) is 27.2. The summed E-state index contributed by atoms with van der Waals surface area (Å²) in [6.07, 6.45) is 1.87. The maximum atomic E-state index is 13.8. The zero-order valence-corrected chi connectivity index (χ0v) is 28.0. The van der Waals surface area contributed by atoms with E-state index in [0.717, 1.165) is 61.1 Å². The quantitative estimate of drug-likeness (QED) is 0.0781. The lowest BCUT2D eigenvalue weighted by Crippen LogP contribution is -2.13. The van der Waals surface area contributed by atoms with E-state index in [1.807, 2.05) is 54.6 Å². The van der Waals surface area contributed by atoms with Crippen molar-refractivity contribution < 1.29 is 23.4 Å². The van der Waals surface area contributed by atoms with E-state index < -0.39 is 5.97 Å². The monoisotopic (exact) mass is 684 g/mol. The zero-order chi connectivity index (χ0) is 33.6. The summed E-state index contributed by atoms with van der Waals surface area (Å²) in [7, 11) is 1.65. The number of benzene rings is 4. The molecule has 256 valence electrons. The van der Waals surface area contributed by atoms with Crippen molar-refractivity contribution in [3.8, 4) is 22.6 Å². The number of aromatic amines is 2. The molecule has 0 atom stereocenters. The van der Waals surface area contributed by atoms with Crippen LogP contribution in [0.3, 0.4) is 0 Å². The molecule has 6 aromatic rings. The number of aryl methyl sites for hydroxylation is 2. The first-order chi connectivity index (χ1) is 23.4. The van der Waals surface area contributed by atoms with Gasteiger partial charge in [0, 0.05) is 35.0 Å². The highest BCUT2D eigenvalue weighted by atomic mass is 35.5. The number of H-pyrrole nitrogens is 2. The average molecular weight is 685 g/mol. The molecule has 4 aromatic carbocycles. The van der Waals surface area contributed by atoms with Gasteiger partial charge in [-0.25, -0.2) is 9.18 Å². The molecule has 2 heterocycles. The van der Waals surface area contributed by atoms with E-state index in [9.17, 15) is 9.18 Å². The molecule has 0 aliphatic carbocycles. The van der Waals surface area contributed by atoms with Gasteiger partial charge >= 0.3 is 5.97 Å². The Morgan fingerprint density at radius 3 is 2.53 bits per heavy atom. The largest absolute Gasteiger partial charge is 0.497 e. The van der Waals surface area contributed by atoms with E-state index in [4.69, 9.17) is 25.8 Å². The van der Waals surface area contributed by atoms with Crippen molar-refractivity contribution in [1.29, 1.82) is 0 Å².